The highest BCUT2D eigenvalue weighted by Gasteiger charge is 2.05. The van der Waals surface area contributed by atoms with Gasteiger partial charge in [0.05, 0.1) is 27.0 Å². The van der Waals surface area contributed by atoms with Gasteiger partial charge in [0.15, 0.2) is 0 Å². The van der Waals surface area contributed by atoms with Crippen LogP contribution in [0.15, 0.2) is 36.4 Å². The number of rotatable bonds is 6. The van der Waals surface area contributed by atoms with Gasteiger partial charge in [-0.1, -0.05) is 6.07 Å². The van der Waals surface area contributed by atoms with Crippen molar-refractivity contribution in [3.63, 3.8) is 0 Å². The Labute approximate surface area is 125 Å². The van der Waals surface area contributed by atoms with Crippen molar-refractivity contribution in [3.05, 3.63) is 47.5 Å². The molecule has 0 atom stereocenters. The van der Waals surface area contributed by atoms with E-state index in [-0.39, 0.29) is 0 Å². The molecule has 112 valence electrons. The Bertz CT molecular complexity index is 589. The zero-order valence-electron chi connectivity index (χ0n) is 12.9. The third kappa shape index (κ3) is 3.81. The molecule has 0 spiro atoms. The average Bonchev–Trinajstić information content (AvgIpc) is 2.52. The Morgan fingerprint density at radius 3 is 2.10 bits per heavy atom. The number of nitrogens with one attached hydrogen (secondary N) is 1. The van der Waals surface area contributed by atoms with Crippen molar-refractivity contribution in [1.29, 1.82) is 0 Å². The number of ether oxygens (including phenoxy) is 3. The lowest BCUT2D eigenvalue weighted by atomic mass is 10.1. The van der Waals surface area contributed by atoms with E-state index in [9.17, 15) is 0 Å². The largest absolute Gasteiger partial charge is 0.497 e. The molecule has 4 heteroatoms. The smallest absolute Gasteiger partial charge is 0.141 e. The van der Waals surface area contributed by atoms with Crippen molar-refractivity contribution >= 4 is 5.69 Å². The van der Waals surface area contributed by atoms with Gasteiger partial charge in [0, 0.05) is 12.6 Å². The van der Waals surface area contributed by atoms with Gasteiger partial charge in [-0.15, -0.1) is 0 Å². The maximum atomic E-state index is 5.37. The van der Waals surface area contributed by atoms with Gasteiger partial charge in [-0.05, 0) is 42.3 Å². The van der Waals surface area contributed by atoms with E-state index in [4.69, 9.17) is 14.2 Å². The molecule has 0 fully saturated rings. The molecule has 0 aliphatic carbocycles. The molecule has 0 radical (unpaired) electrons. The normalized spacial score (nSPS) is 10.1. The molecule has 21 heavy (non-hydrogen) atoms. The van der Waals surface area contributed by atoms with E-state index >= 15 is 0 Å². The number of aryl methyl sites for hydroxylation is 1. The monoisotopic (exact) mass is 287 g/mol. The summed E-state index contributed by atoms with van der Waals surface area (Å²) in [5.41, 5.74) is 3.23. The zero-order valence-corrected chi connectivity index (χ0v) is 12.9. The molecule has 1 N–H and O–H groups in total. The molecule has 0 saturated carbocycles. The van der Waals surface area contributed by atoms with E-state index in [0.717, 1.165) is 28.5 Å². The zero-order chi connectivity index (χ0) is 15.2. The van der Waals surface area contributed by atoms with E-state index in [0.29, 0.717) is 6.54 Å². The molecule has 0 bridgehead atoms. The summed E-state index contributed by atoms with van der Waals surface area (Å²) in [5, 5.41) is 3.39. The van der Waals surface area contributed by atoms with Gasteiger partial charge in [0.1, 0.15) is 17.2 Å². The van der Waals surface area contributed by atoms with Crippen LogP contribution < -0.4 is 19.5 Å². The second-order valence-electron chi connectivity index (χ2n) is 4.78. The van der Waals surface area contributed by atoms with E-state index in [1.807, 2.05) is 30.3 Å². The van der Waals surface area contributed by atoms with Crippen LogP contribution in [0.25, 0.3) is 0 Å². The first-order chi connectivity index (χ1) is 10.2. The molecule has 2 aromatic rings. The molecule has 0 amide bonds. The molecule has 0 aliphatic rings. The predicted octanol–water partition coefficient (Wildman–Crippen LogP) is 3.63. The molecule has 0 aromatic heterocycles. The molecule has 4 nitrogen and oxygen atoms in total. The van der Waals surface area contributed by atoms with Gasteiger partial charge < -0.3 is 19.5 Å². The van der Waals surface area contributed by atoms with Gasteiger partial charge in [-0.3, -0.25) is 0 Å². The fourth-order valence-electron chi connectivity index (χ4n) is 2.13. The molecule has 2 aromatic carbocycles. The number of hydrogen-bond acceptors (Lipinski definition) is 4. The number of methoxy groups -OCH3 is 3. The molecular weight excluding hydrogens is 266 g/mol. The number of benzene rings is 2. The van der Waals surface area contributed by atoms with Crippen LogP contribution in [0.2, 0.25) is 0 Å². The SMILES string of the molecule is COc1cc(CNc2cc(C)ccc2OC)cc(OC)c1. The van der Waals surface area contributed by atoms with Gasteiger partial charge in [0.25, 0.3) is 0 Å². The molecule has 0 saturated heterocycles. The second-order valence-corrected chi connectivity index (χ2v) is 4.78. The van der Waals surface area contributed by atoms with Crippen LogP contribution in [0.4, 0.5) is 5.69 Å². The van der Waals surface area contributed by atoms with E-state index in [1.54, 1.807) is 21.3 Å². The quantitative estimate of drug-likeness (QED) is 0.880. The minimum Gasteiger partial charge on any atom is -0.497 e. The van der Waals surface area contributed by atoms with Crippen molar-refractivity contribution in [2.45, 2.75) is 13.5 Å². The Balaban J connectivity index is 2.18. The summed E-state index contributed by atoms with van der Waals surface area (Å²) >= 11 is 0. The van der Waals surface area contributed by atoms with Crippen LogP contribution in [-0.2, 0) is 6.54 Å². The van der Waals surface area contributed by atoms with Crippen molar-refractivity contribution in [2.24, 2.45) is 0 Å². The van der Waals surface area contributed by atoms with Gasteiger partial charge in [0.2, 0.25) is 0 Å². The molecule has 0 unspecified atom stereocenters. The lowest BCUT2D eigenvalue weighted by molar-refractivity contribution is 0.393. The summed E-state index contributed by atoms with van der Waals surface area (Å²) in [6, 6.07) is 11.9. The highest BCUT2D eigenvalue weighted by molar-refractivity contribution is 5.58. The number of anilines is 1. The van der Waals surface area contributed by atoms with E-state index in [2.05, 4.69) is 18.3 Å². The Morgan fingerprint density at radius 1 is 0.857 bits per heavy atom. The minimum absolute atomic E-state index is 0.660. The first kappa shape index (κ1) is 15.0. The summed E-state index contributed by atoms with van der Waals surface area (Å²) in [6.45, 7) is 2.71. The Kier molecular flexibility index (Phi) is 4.93. The fraction of sp³-hybridized carbons (Fsp3) is 0.294. The van der Waals surface area contributed by atoms with E-state index in [1.165, 1.54) is 5.56 Å². The topological polar surface area (TPSA) is 39.7 Å². The van der Waals surface area contributed by atoms with Crippen molar-refractivity contribution in [3.8, 4) is 17.2 Å². The average molecular weight is 287 g/mol. The third-order valence-electron chi connectivity index (χ3n) is 3.25. The van der Waals surface area contributed by atoms with Crippen LogP contribution in [0, 0.1) is 6.92 Å². The van der Waals surface area contributed by atoms with Crippen molar-refractivity contribution in [2.75, 3.05) is 26.6 Å². The summed E-state index contributed by atoms with van der Waals surface area (Å²) < 4.78 is 15.9. The van der Waals surface area contributed by atoms with Gasteiger partial charge in [-0.25, -0.2) is 0 Å². The summed E-state index contributed by atoms with van der Waals surface area (Å²) in [5.74, 6) is 2.39. The highest BCUT2D eigenvalue weighted by atomic mass is 16.5. The Morgan fingerprint density at radius 2 is 1.52 bits per heavy atom. The first-order valence-corrected chi connectivity index (χ1v) is 6.76. The number of hydrogen-bond donors (Lipinski definition) is 1. The third-order valence-corrected chi connectivity index (χ3v) is 3.25. The standard InChI is InChI=1S/C17H21NO3/c1-12-5-6-17(21-4)16(7-12)18-11-13-8-14(19-2)10-15(9-13)20-3/h5-10,18H,11H2,1-4H3. The first-order valence-electron chi connectivity index (χ1n) is 6.76. The van der Waals surface area contributed by atoms with Crippen LogP contribution in [-0.4, -0.2) is 21.3 Å². The van der Waals surface area contributed by atoms with Crippen molar-refractivity contribution < 1.29 is 14.2 Å². The minimum atomic E-state index is 0.660. The molecule has 2 rings (SSSR count). The van der Waals surface area contributed by atoms with Crippen LogP contribution in [0.3, 0.4) is 0 Å². The molecule has 0 heterocycles. The second kappa shape index (κ2) is 6.88. The summed E-state index contributed by atoms with van der Waals surface area (Å²) in [6.07, 6.45) is 0. The van der Waals surface area contributed by atoms with E-state index < -0.39 is 0 Å². The lowest BCUT2D eigenvalue weighted by Gasteiger charge is -2.13. The van der Waals surface area contributed by atoms with Crippen molar-refractivity contribution in [1.82, 2.24) is 0 Å². The predicted molar refractivity (Wildman–Crippen MR) is 84.6 cm³/mol. The summed E-state index contributed by atoms with van der Waals surface area (Å²) in [7, 11) is 4.97. The maximum Gasteiger partial charge on any atom is 0.141 e. The van der Waals surface area contributed by atoms with Crippen LogP contribution in [0.5, 0.6) is 17.2 Å². The van der Waals surface area contributed by atoms with Crippen LogP contribution in [0.1, 0.15) is 11.1 Å². The maximum absolute atomic E-state index is 5.37. The van der Waals surface area contributed by atoms with Gasteiger partial charge in [-0.2, -0.15) is 0 Å². The molecular formula is C17H21NO3. The fourth-order valence-corrected chi connectivity index (χ4v) is 2.13. The van der Waals surface area contributed by atoms with Crippen LogP contribution >= 0.6 is 0 Å². The highest BCUT2D eigenvalue weighted by Crippen LogP contribution is 2.27. The lowest BCUT2D eigenvalue weighted by Crippen LogP contribution is -2.02. The van der Waals surface area contributed by atoms with Gasteiger partial charge >= 0.3 is 0 Å². The Hall–Kier alpha value is -2.36. The summed E-state index contributed by atoms with van der Waals surface area (Å²) in [4.78, 5) is 0. The molecule has 0 aliphatic heterocycles.